The number of fused-ring (bicyclic) bond motifs is 1. The van der Waals surface area contributed by atoms with Crippen LogP contribution < -0.4 is 9.80 Å². The second-order valence-corrected chi connectivity index (χ2v) is 8.31. The predicted molar refractivity (Wildman–Crippen MR) is 129 cm³/mol. The van der Waals surface area contributed by atoms with Crippen LogP contribution in [-0.2, 0) is 4.79 Å². The summed E-state index contributed by atoms with van der Waals surface area (Å²) >= 11 is 0. The van der Waals surface area contributed by atoms with E-state index < -0.39 is 33.2 Å². The molecule has 0 fully saturated rings. The van der Waals surface area contributed by atoms with Crippen LogP contribution in [0, 0.1) is 20.2 Å². The molecule has 1 aliphatic rings. The number of carbonyl (C=O) groups excluding carboxylic acids is 2. The Bertz CT molecular complexity index is 1290. The van der Waals surface area contributed by atoms with Gasteiger partial charge in [-0.2, -0.15) is 0 Å². The highest BCUT2D eigenvalue weighted by molar-refractivity contribution is 6.08. The van der Waals surface area contributed by atoms with E-state index in [9.17, 15) is 29.8 Å². The number of benzene rings is 3. The smallest absolute Gasteiger partial charge is 0.277 e. The number of para-hydroxylation sites is 2. The molecule has 3 aromatic rings. The largest absolute Gasteiger partial charge is 0.309 e. The van der Waals surface area contributed by atoms with Gasteiger partial charge < -0.3 is 9.80 Å². The van der Waals surface area contributed by atoms with Gasteiger partial charge in [-0.3, -0.25) is 29.8 Å². The molecule has 0 saturated carbocycles. The van der Waals surface area contributed by atoms with Gasteiger partial charge in [-0.15, -0.1) is 0 Å². The summed E-state index contributed by atoms with van der Waals surface area (Å²) in [5.41, 5.74) is 0.663. The van der Waals surface area contributed by atoms with Gasteiger partial charge in [-0.05, 0) is 37.1 Å². The maximum absolute atomic E-state index is 13.9. The van der Waals surface area contributed by atoms with Crippen LogP contribution in [0.15, 0.2) is 72.8 Å². The Morgan fingerprint density at radius 3 is 2.06 bits per heavy atom. The van der Waals surface area contributed by atoms with Crippen LogP contribution in [0.3, 0.4) is 0 Å². The van der Waals surface area contributed by atoms with Crippen LogP contribution in [0.4, 0.5) is 22.7 Å². The van der Waals surface area contributed by atoms with Crippen LogP contribution in [0.2, 0.25) is 0 Å². The minimum atomic E-state index is -0.765. The van der Waals surface area contributed by atoms with Gasteiger partial charge in [0.25, 0.3) is 17.3 Å². The van der Waals surface area contributed by atoms with E-state index >= 15 is 0 Å². The summed E-state index contributed by atoms with van der Waals surface area (Å²) in [7, 11) is 0. The zero-order chi connectivity index (χ0) is 25.3. The summed E-state index contributed by atoms with van der Waals surface area (Å²) in [5, 5.41) is 22.8. The molecule has 0 unspecified atom stereocenters. The van der Waals surface area contributed by atoms with Crippen molar-refractivity contribution in [3.05, 3.63) is 104 Å². The minimum Gasteiger partial charge on any atom is -0.309 e. The molecule has 178 valence electrons. The predicted octanol–water partition coefficient (Wildman–Crippen LogP) is 5.04. The summed E-state index contributed by atoms with van der Waals surface area (Å²) in [6.45, 7) is 3.37. The van der Waals surface area contributed by atoms with E-state index in [1.54, 1.807) is 35.2 Å². The van der Waals surface area contributed by atoms with Crippen molar-refractivity contribution < 1.29 is 19.4 Å². The molecule has 2 amide bonds. The molecular formula is C25H22N4O6. The average Bonchev–Trinajstić information content (AvgIpc) is 2.84. The zero-order valence-corrected chi connectivity index (χ0v) is 19.0. The summed E-state index contributed by atoms with van der Waals surface area (Å²) < 4.78 is 0. The monoisotopic (exact) mass is 474 g/mol. The topological polar surface area (TPSA) is 127 Å². The Hall–Kier alpha value is -4.60. The van der Waals surface area contributed by atoms with Gasteiger partial charge in [-0.25, -0.2) is 0 Å². The lowest BCUT2D eigenvalue weighted by Crippen LogP contribution is -2.47. The van der Waals surface area contributed by atoms with E-state index in [0.29, 0.717) is 17.8 Å². The lowest BCUT2D eigenvalue weighted by Gasteiger charge is -2.43. The van der Waals surface area contributed by atoms with E-state index in [1.165, 1.54) is 11.8 Å². The molecule has 0 radical (unpaired) electrons. The first-order chi connectivity index (χ1) is 16.7. The van der Waals surface area contributed by atoms with Crippen LogP contribution in [-0.4, -0.2) is 27.7 Å². The first-order valence-corrected chi connectivity index (χ1v) is 10.9. The third-order valence-electron chi connectivity index (χ3n) is 6.04. The van der Waals surface area contributed by atoms with Crippen LogP contribution in [0.25, 0.3) is 0 Å². The van der Waals surface area contributed by atoms with Crippen molar-refractivity contribution in [2.45, 2.75) is 32.4 Å². The maximum Gasteiger partial charge on any atom is 0.277 e. The Kier molecular flexibility index (Phi) is 6.28. The first-order valence-electron chi connectivity index (χ1n) is 10.9. The number of nitro groups is 2. The van der Waals surface area contributed by atoms with E-state index in [1.807, 2.05) is 31.2 Å². The summed E-state index contributed by atoms with van der Waals surface area (Å²) in [6, 6.07) is 18.2. The molecule has 10 heteroatoms. The van der Waals surface area contributed by atoms with Gasteiger partial charge in [0.2, 0.25) is 5.91 Å². The fraction of sp³-hybridized carbons (Fsp3) is 0.200. The number of hydrogen-bond donors (Lipinski definition) is 0. The summed E-state index contributed by atoms with van der Waals surface area (Å²) in [4.78, 5) is 50.8. The van der Waals surface area contributed by atoms with Gasteiger partial charge in [0.1, 0.15) is 0 Å². The normalized spacial score (nSPS) is 16.8. The number of nitrogens with zero attached hydrogens (tertiary/aromatic N) is 4. The zero-order valence-electron chi connectivity index (χ0n) is 19.0. The number of amides is 2. The lowest BCUT2D eigenvalue weighted by atomic mass is 9.89. The molecule has 1 aliphatic heterocycles. The quantitative estimate of drug-likeness (QED) is 0.377. The number of non-ortho nitro benzene ring substituents is 2. The molecule has 0 aromatic heterocycles. The molecule has 1 heterocycles. The van der Waals surface area contributed by atoms with Gasteiger partial charge >= 0.3 is 0 Å². The Labute approximate surface area is 200 Å². The molecule has 10 nitrogen and oxygen atoms in total. The number of carbonyl (C=O) groups is 2. The average molecular weight is 474 g/mol. The maximum atomic E-state index is 13.9. The third kappa shape index (κ3) is 4.45. The molecule has 2 atom stereocenters. The number of nitro benzene ring substituents is 2. The Morgan fingerprint density at radius 2 is 1.49 bits per heavy atom. The van der Waals surface area contributed by atoms with Crippen LogP contribution >= 0.6 is 0 Å². The standard InChI is InChI=1S/C25H22N4O6/c1-16-12-24(22-10-6-7-11-23(22)26(16)17(2)30)27(19-8-4-3-5-9-19)25(31)18-13-20(28(32)33)15-21(14-18)29(34)35/h3-11,13-16,24H,12H2,1-2H3/t16-,24-/m0/s1. The second kappa shape index (κ2) is 9.34. The second-order valence-electron chi connectivity index (χ2n) is 8.31. The minimum absolute atomic E-state index is 0.129. The van der Waals surface area contributed by atoms with Crippen molar-refractivity contribution in [3.63, 3.8) is 0 Å². The van der Waals surface area contributed by atoms with Crippen molar-refractivity contribution in [2.24, 2.45) is 0 Å². The molecule has 0 bridgehead atoms. The van der Waals surface area contributed by atoms with Crippen molar-refractivity contribution in [3.8, 4) is 0 Å². The molecule has 4 rings (SSSR count). The molecule has 0 aliphatic carbocycles. The highest BCUT2D eigenvalue weighted by Crippen LogP contribution is 2.43. The van der Waals surface area contributed by atoms with Crippen molar-refractivity contribution in [1.82, 2.24) is 0 Å². The number of rotatable bonds is 5. The molecule has 35 heavy (non-hydrogen) atoms. The van der Waals surface area contributed by atoms with Gasteiger partial charge in [0, 0.05) is 36.5 Å². The van der Waals surface area contributed by atoms with E-state index in [0.717, 1.165) is 23.8 Å². The Balaban J connectivity index is 1.90. The third-order valence-corrected chi connectivity index (χ3v) is 6.04. The molecule has 0 N–H and O–H groups in total. The SMILES string of the molecule is CC(=O)N1c2ccccc2[C@@H](N(C(=O)c2cc([N+](=O)[O-])cc([N+](=O)[O-])c2)c2ccccc2)C[C@@H]1C. The summed E-state index contributed by atoms with van der Waals surface area (Å²) in [5.74, 6) is -0.749. The first kappa shape index (κ1) is 23.6. The fourth-order valence-corrected chi connectivity index (χ4v) is 4.60. The number of anilines is 2. The molecular weight excluding hydrogens is 452 g/mol. The van der Waals surface area contributed by atoms with Crippen molar-refractivity contribution >= 4 is 34.6 Å². The highest BCUT2D eigenvalue weighted by Gasteiger charge is 2.38. The van der Waals surface area contributed by atoms with Gasteiger partial charge in [0.05, 0.1) is 27.5 Å². The van der Waals surface area contributed by atoms with E-state index in [2.05, 4.69) is 0 Å². The van der Waals surface area contributed by atoms with Crippen LogP contribution in [0.5, 0.6) is 0 Å². The fourth-order valence-electron chi connectivity index (χ4n) is 4.60. The number of hydrogen-bond acceptors (Lipinski definition) is 6. The molecule has 0 spiro atoms. The lowest BCUT2D eigenvalue weighted by molar-refractivity contribution is -0.394. The van der Waals surface area contributed by atoms with Crippen molar-refractivity contribution in [1.29, 1.82) is 0 Å². The van der Waals surface area contributed by atoms with E-state index in [4.69, 9.17) is 0 Å². The van der Waals surface area contributed by atoms with Crippen LogP contribution in [0.1, 0.15) is 42.2 Å². The van der Waals surface area contributed by atoms with Gasteiger partial charge in [-0.1, -0.05) is 36.4 Å². The van der Waals surface area contributed by atoms with Crippen molar-refractivity contribution in [2.75, 3.05) is 9.80 Å². The molecule has 3 aromatic carbocycles. The highest BCUT2D eigenvalue weighted by atomic mass is 16.6. The van der Waals surface area contributed by atoms with Gasteiger partial charge in [0.15, 0.2) is 0 Å². The molecule has 0 saturated heterocycles. The Morgan fingerprint density at radius 1 is 0.914 bits per heavy atom. The summed E-state index contributed by atoms with van der Waals surface area (Å²) in [6.07, 6.45) is 0.397. The van der Waals surface area contributed by atoms with E-state index in [-0.39, 0.29) is 17.5 Å².